The van der Waals surface area contributed by atoms with Crippen molar-refractivity contribution in [1.29, 1.82) is 0 Å². The number of rotatable bonds is 2. The number of benzene rings is 1. The molecule has 0 unspecified atom stereocenters. The summed E-state index contributed by atoms with van der Waals surface area (Å²) in [6, 6.07) is 5.32. The van der Waals surface area contributed by atoms with Crippen LogP contribution in [0.25, 0.3) is 11.1 Å². The minimum absolute atomic E-state index is 0.315. The zero-order chi connectivity index (χ0) is 14.9. The quantitative estimate of drug-likeness (QED) is 0.890. The Morgan fingerprint density at radius 3 is 2.20 bits per heavy atom. The minimum atomic E-state index is -4.43. The highest BCUT2D eigenvalue weighted by molar-refractivity contribution is 5.88. The third kappa shape index (κ3) is 2.71. The molecular formula is C13H8F3NO3. The van der Waals surface area contributed by atoms with Gasteiger partial charge in [-0.15, -0.1) is 0 Å². The summed E-state index contributed by atoms with van der Waals surface area (Å²) in [5.74, 6) is -1.40. The number of H-pyrrole nitrogens is 1. The van der Waals surface area contributed by atoms with Crippen LogP contribution in [0.3, 0.4) is 0 Å². The number of hydrogen-bond donors (Lipinski definition) is 2. The van der Waals surface area contributed by atoms with Gasteiger partial charge in [0.15, 0.2) is 0 Å². The van der Waals surface area contributed by atoms with E-state index in [2.05, 4.69) is 4.98 Å². The smallest absolute Gasteiger partial charge is 0.416 e. The molecular weight excluding hydrogens is 275 g/mol. The summed E-state index contributed by atoms with van der Waals surface area (Å²) in [4.78, 5) is 24.3. The lowest BCUT2D eigenvalue weighted by atomic mass is 10.0. The lowest BCUT2D eigenvalue weighted by molar-refractivity contribution is -0.137. The molecule has 1 heterocycles. The molecule has 0 amide bonds. The van der Waals surface area contributed by atoms with Crippen molar-refractivity contribution >= 4 is 5.97 Å². The normalized spacial score (nSPS) is 11.3. The molecule has 7 heteroatoms. The number of aromatic nitrogens is 1. The molecule has 0 aliphatic carbocycles. The third-order valence-corrected chi connectivity index (χ3v) is 2.68. The van der Waals surface area contributed by atoms with E-state index in [1.807, 2.05) is 0 Å². The summed E-state index contributed by atoms with van der Waals surface area (Å²) in [5.41, 5.74) is -1.35. The van der Waals surface area contributed by atoms with Gasteiger partial charge in [0.25, 0.3) is 5.56 Å². The van der Waals surface area contributed by atoms with E-state index < -0.39 is 28.8 Å². The molecule has 0 fully saturated rings. The van der Waals surface area contributed by atoms with E-state index in [0.717, 1.165) is 18.2 Å². The number of halogens is 3. The Labute approximate surface area is 110 Å². The van der Waals surface area contributed by atoms with E-state index >= 15 is 0 Å². The van der Waals surface area contributed by atoms with Crippen molar-refractivity contribution in [2.24, 2.45) is 0 Å². The molecule has 1 aromatic carbocycles. The van der Waals surface area contributed by atoms with E-state index in [9.17, 15) is 22.8 Å². The molecule has 0 radical (unpaired) electrons. The number of carbonyl (C=O) groups is 1. The summed E-state index contributed by atoms with van der Waals surface area (Å²) in [6.07, 6.45) is -3.19. The van der Waals surface area contributed by atoms with Crippen molar-refractivity contribution in [1.82, 2.24) is 4.98 Å². The Morgan fingerprint density at radius 1 is 1.10 bits per heavy atom. The Kier molecular flexibility index (Phi) is 3.35. The first-order valence-electron chi connectivity index (χ1n) is 5.42. The first-order chi connectivity index (χ1) is 9.29. The Balaban J connectivity index is 2.45. The van der Waals surface area contributed by atoms with Crippen LogP contribution in [0.15, 0.2) is 41.3 Å². The topological polar surface area (TPSA) is 70.2 Å². The average Bonchev–Trinajstić information content (AvgIpc) is 2.38. The molecule has 2 N–H and O–H groups in total. The zero-order valence-electron chi connectivity index (χ0n) is 9.86. The maximum atomic E-state index is 12.4. The van der Waals surface area contributed by atoms with Gasteiger partial charge in [0.2, 0.25) is 0 Å². The summed E-state index contributed by atoms with van der Waals surface area (Å²) in [5, 5.41) is 8.82. The van der Waals surface area contributed by atoms with Crippen molar-refractivity contribution in [2.75, 3.05) is 0 Å². The molecule has 0 bridgehead atoms. The highest BCUT2D eigenvalue weighted by Gasteiger charge is 2.29. The number of pyridine rings is 1. The number of aromatic amines is 1. The number of carboxylic acid groups (broad SMARTS) is 1. The highest BCUT2D eigenvalue weighted by atomic mass is 19.4. The van der Waals surface area contributed by atoms with Gasteiger partial charge in [-0.3, -0.25) is 4.79 Å². The molecule has 0 aliphatic rings. The lowest BCUT2D eigenvalue weighted by Gasteiger charge is -2.08. The molecule has 1 aromatic heterocycles. The van der Waals surface area contributed by atoms with Crippen molar-refractivity contribution in [3.8, 4) is 11.1 Å². The van der Waals surface area contributed by atoms with Crippen LogP contribution >= 0.6 is 0 Å². The van der Waals surface area contributed by atoms with E-state index in [1.54, 1.807) is 0 Å². The Morgan fingerprint density at radius 2 is 1.70 bits per heavy atom. The fourth-order valence-corrected chi connectivity index (χ4v) is 1.66. The van der Waals surface area contributed by atoms with Gasteiger partial charge in [0.05, 0.1) is 5.56 Å². The van der Waals surface area contributed by atoms with E-state index in [1.165, 1.54) is 18.3 Å². The second-order valence-corrected chi connectivity index (χ2v) is 4.01. The molecule has 2 aromatic rings. The monoisotopic (exact) mass is 283 g/mol. The van der Waals surface area contributed by atoms with Crippen molar-refractivity contribution in [2.45, 2.75) is 6.18 Å². The summed E-state index contributed by atoms with van der Waals surface area (Å²) < 4.78 is 37.3. The average molecular weight is 283 g/mol. The van der Waals surface area contributed by atoms with Crippen molar-refractivity contribution in [3.05, 3.63) is 58.0 Å². The number of nitrogens with one attached hydrogen (secondary N) is 1. The SMILES string of the molecule is O=C(O)c1cc(-c2ccc(C(F)(F)F)cc2)c[nH]c1=O. The van der Waals surface area contributed by atoms with Crippen LogP contribution in [-0.4, -0.2) is 16.1 Å². The molecule has 4 nitrogen and oxygen atoms in total. The molecule has 20 heavy (non-hydrogen) atoms. The standard InChI is InChI=1S/C13H8F3NO3/c14-13(15,16)9-3-1-7(2-4-9)8-5-10(12(19)20)11(18)17-6-8/h1-6H,(H,17,18)(H,19,20). The molecule has 0 atom stereocenters. The Hall–Kier alpha value is -2.57. The number of hydrogen-bond acceptors (Lipinski definition) is 2. The predicted molar refractivity (Wildman–Crippen MR) is 64.5 cm³/mol. The molecule has 0 spiro atoms. The largest absolute Gasteiger partial charge is 0.477 e. The summed E-state index contributed by atoms with van der Waals surface area (Å²) >= 11 is 0. The Bertz CT molecular complexity index is 702. The first-order valence-corrected chi connectivity index (χ1v) is 5.42. The minimum Gasteiger partial charge on any atom is -0.477 e. The van der Waals surface area contributed by atoms with Gasteiger partial charge >= 0.3 is 12.1 Å². The van der Waals surface area contributed by atoms with Gasteiger partial charge in [-0.2, -0.15) is 13.2 Å². The highest BCUT2D eigenvalue weighted by Crippen LogP contribution is 2.30. The second-order valence-electron chi connectivity index (χ2n) is 4.01. The van der Waals surface area contributed by atoms with Gasteiger partial charge in [-0.05, 0) is 29.3 Å². The van der Waals surface area contributed by atoms with Gasteiger partial charge < -0.3 is 10.1 Å². The van der Waals surface area contributed by atoms with Crippen LogP contribution in [0.2, 0.25) is 0 Å². The summed E-state index contributed by atoms with van der Waals surface area (Å²) in [6.45, 7) is 0. The van der Waals surface area contributed by atoms with Crippen LogP contribution in [-0.2, 0) is 6.18 Å². The molecule has 104 valence electrons. The molecule has 0 saturated heterocycles. The maximum absolute atomic E-state index is 12.4. The summed E-state index contributed by atoms with van der Waals surface area (Å²) in [7, 11) is 0. The van der Waals surface area contributed by atoms with Crippen LogP contribution in [0.1, 0.15) is 15.9 Å². The first kappa shape index (κ1) is 13.9. The maximum Gasteiger partial charge on any atom is 0.416 e. The van der Waals surface area contributed by atoms with E-state index in [-0.39, 0.29) is 0 Å². The predicted octanol–water partition coefficient (Wildman–Crippen LogP) is 2.76. The second kappa shape index (κ2) is 4.84. The molecule has 2 rings (SSSR count). The fourth-order valence-electron chi connectivity index (χ4n) is 1.66. The number of carboxylic acids is 1. The van der Waals surface area contributed by atoms with E-state index in [4.69, 9.17) is 5.11 Å². The third-order valence-electron chi connectivity index (χ3n) is 2.68. The number of aromatic carboxylic acids is 1. The van der Waals surface area contributed by atoms with Gasteiger partial charge in [-0.1, -0.05) is 12.1 Å². The number of alkyl halides is 3. The van der Waals surface area contributed by atoms with Crippen molar-refractivity contribution in [3.63, 3.8) is 0 Å². The molecule has 0 aliphatic heterocycles. The molecule has 0 saturated carbocycles. The van der Waals surface area contributed by atoms with E-state index in [0.29, 0.717) is 11.1 Å². The van der Waals surface area contributed by atoms with Gasteiger partial charge in [0.1, 0.15) is 5.56 Å². The zero-order valence-corrected chi connectivity index (χ0v) is 9.86. The lowest BCUT2D eigenvalue weighted by Crippen LogP contribution is -2.16. The van der Waals surface area contributed by atoms with Gasteiger partial charge in [0, 0.05) is 6.20 Å². The van der Waals surface area contributed by atoms with Crippen LogP contribution in [0, 0.1) is 0 Å². The van der Waals surface area contributed by atoms with Crippen LogP contribution < -0.4 is 5.56 Å². The van der Waals surface area contributed by atoms with Crippen molar-refractivity contribution < 1.29 is 23.1 Å². The fraction of sp³-hybridized carbons (Fsp3) is 0.0769. The van der Waals surface area contributed by atoms with Crippen LogP contribution in [0.4, 0.5) is 13.2 Å². The van der Waals surface area contributed by atoms with Gasteiger partial charge in [-0.25, -0.2) is 4.79 Å². The van der Waals surface area contributed by atoms with Crippen LogP contribution in [0.5, 0.6) is 0 Å².